The monoisotopic (exact) mass is 259 g/mol. The van der Waals surface area contributed by atoms with Crippen molar-refractivity contribution in [1.82, 2.24) is 9.62 Å². The van der Waals surface area contributed by atoms with Gasteiger partial charge in [-0.15, -0.1) is 0 Å². The number of nitrogens with zero attached hydrogens (tertiary/aromatic N) is 2. The van der Waals surface area contributed by atoms with Gasteiger partial charge < -0.3 is 4.90 Å². The molecule has 1 saturated carbocycles. The maximum absolute atomic E-state index is 11.5. The van der Waals surface area contributed by atoms with E-state index >= 15 is 0 Å². The van der Waals surface area contributed by atoms with Crippen LogP contribution in [0.2, 0.25) is 0 Å². The number of nitriles is 1. The number of hydrogen-bond donors (Lipinski definition) is 1. The molecule has 1 aliphatic carbocycles. The van der Waals surface area contributed by atoms with Gasteiger partial charge in [0.25, 0.3) is 0 Å². The molecule has 6 heteroatoms. The topological polar surface area (TPSA) is 73.2 Å². The van der Waals surface area contributed by atoms with E-state index in [1.54, 1.807) is 6.07 Å². The van der Waals surface area contributed by atoms with Gasteiger partial charge in [0.05, 0.1) is 6.07 Å². The van der Waals surface area contributed by atoms with E-state index in [0.717, 1.165) is 0 Å². The Balaban J connectivity index is 2.30. The summed E-state index contributed by atoms with van der Waals surface area (Å²) in [4.78, 5) is 2.20. The van der Waals surface area contributed by atoms with Gasteiger partial charge in [-0.05, 0) is 26.8 Å². The van der Waals surface area contributed by atoms with Crippen molar-refractivity contribution in [3.8, 4) is 6.07 Å². The van der Waals surface area contributed by atoms with Crippen molar-refractivity contribution in [2.75, 3.05) is 20.1 Å². The highest BCUT2D eigenvalue weighted by molar-refractivity contribution is 7.90. The number of likely N-dealkylation sites (N-methyl/N-ethyl adjacent to an activating group) is 1. The minimum atomic E-state index is -3.47. The van der Waals surface area contributed by atoms with Gasteiger partial charge in [-0.1, -0.05) is 12.8 Å². The summed E-state index contributed by atoms with van der Waals surface area (Å²) in [5.41, 5.74) is 0. The zero-order chi connectivity index (χ0) is 12.9. The molecule has 5 nitrogen and oxygen atoms in total. The van der Waals surface area contributed by atoms with E-state index in [9.17, 15) is 8.42 Å². The molecule has 1 N–H and O–H groups in total. The average molecular weight is 259 g/mol. The summed E-state index contributed by atoms with van der Waals surface area (Å²) in [7, 11) is -1.44. The molecule has 0 aromatic rings. The van der Waals surface area contributed by atoms with E-state index < -0.39 is 15.3 Å². The van der Waals surface area contributed by atoms with Gasteiger partial charge in [-0.25, -0.2) is 13.1 Å². The first-order chi connectivity index (χ1) is 7.97. The van der Waals surface area contributed by atoms with Gasteiger partial charge in [0, 0.05) is 19.1 Å². The molecule has 0 aliphatic heterocycles. The third-order valence-electron chi connectivity index (χ3n) is 3.36. The molecule has 1 aliphatic rings. The molecule has 1 fully saturated rings. The highest BCUT2D eigenvalue weighted by atomic mass is 32.2. The van der Waals surface area contributed by atoms with Gasteiger partial charge >= 0.3 is 0 Å². The fraction of sp³-hybridized carbons (Fsp3) is 0.909. The molecule has 0 bridgehead atoms. The standard InChI is InChI=1S/C11H21N3O2S/c1-10(9-12)17(15,16)13-7-8-14(2)11-5-3-4-6-11/h10-11,13H,3-8H2,1-2H3. The Kier molecular flexibility index (Phi) is 5.37. The Labute approximate surface area is 104 Å². The van der Waals surface area contributed by atoms with Crippen molar-refractivity contribution in [1.29, 1.82) is 5.26 Å². The maximum Gasteiger partial charge on any atom is 0.227 e. The number of hydrogen-bond acceptors (Lipinski definition) is 4. The number of rotatable bonds is 6. The highest BCUT2D eigenvalue weighted by Gasteiger charge is 2.21. The summed E-state index contributed by atoms with van der Waals surface area (Å²) in [6.45, 7) is 2.46. The normalized spacial score (nSPS) is 19.4. The Morgan fingerprint density at radius 2 is 2.06 bits per heavy atom. The van der Waals surface area contributed by atoms with Crippen LogP contribution in [-0.4, -0.2) is 44.7 Å². The average Bonchev–Trinajstić information content (AvgIpc) is 2.80. The summed E-state index contributed by atoms with van der Waals surface area (Å²) >= 11 is 0. The smallest absolute Gasteiger partial charge is 0.227 e. The fourth-order valence-corrected chi connectivity index (χ4v) is 2.85. The van der Waals surface area contributed by atoms with E-state index in [-0.39, 0.29) is 0 Å². The van der Waals surface area contributed by atoms with Crippen LogP contribution < -0.4 is 4.72 Å². The van der Waals surface area contributed by atoms with E-state index in [1.807, 2.05) is 7.05 Å². The predicted molar refractivity (Wildman–Crippen MR) is 66.9 cm³/mol. The lowest BCUT2D eigenvalue weighted by Gasteiger charge is -2.24. The van der Waals surface area contributed by atoms with E-state index in [0.29, 0.717) is 19.1 Å². The maximum atomic E-state index is 11.5. The van der Waals surface area contributed by atoms with Gasteiger partial charge in [0.2, 0.25) is 10.0 Å². The molecule has 0 amide bonds. The number of nitrogens with one attached hydrogen (secondary N) is 1. The van der Waals surface area contributed by atoms with Gasteiger partial charge in [0.1, 0.15) is 0 Å². The van der Waals surface area contributed by atoms with Crippen molar-refractivity contribution in [2.24, 2.45) is 0 Å². The summed E-state index contributed by atoms with van der Waals surface area (Å²) in [6, 6.07) is 2.33. The summed E-state index contributed by atoms with van der Waals surface area (Å²) in [5, 5.41) is 7.59. The zero-order valence-electron chi connectivity index (χ0n) is 10.5. The van der Waals surface area contributed by atoms with Crippen LogP contribution in [0.3, 0.4) is 0 Å². The Bertz CT molecular complexity index is 369. The second-order valence-corrected chi connectivity index (χ2v) is 6.72. The molecule has 0 spiro atoms. The molecular formula is C11H21N3O2S. The van der Waals surface area contributed by atoms with Crippen molar-refractivity contribution in [3.63, 3.8) is 0 Å². The first-order valence-electron chi connectivity index (χ1n) is 6.05. The van der Waals surface area contributed by atoms with E-state index in [4.69, 9.17) is 5.26 Å². The summed E-state index contributed by atoms with van der Waals surface area (Å²) in [5.74, 6) is 0. The van der Waals surface area contributed by atoms with Crippen LogP contribution >= 0.6 is 0 Å². The third kappa shape index (κ3) is 4.26. The second kappa shape index (κ2) is 6.34. The lowest BCUT2D eigenvalue weighted by atomic mass is 10.2. The minimum Gasteiger partial charge on any atom is -0.302 e. The molecule has 17 heavy (non-hydrogen) atoms. The summed E-state index contributed by atoms with van der Waals surface area (Å²) in [6.07, 6.45) is 4.95. The van der Waals surface area contributed by atoms with Gasteiger partial charge in [0.15, 0.2) is 5.25 Å². The molecule has 1 unspecified atom stereocenters. The van der Waals surface area contributed by atoms with Crippen LogP contribution in [0.25, 0.3) is 0 Å². The quantitative estimate of drug-likeness (QED) is 0.762. The molecule has 0 heterocycles. The Morgan fingerprint density at radius 3 is 2.59 bits per heavy atom. The van der Waals surface area contributed by atoms with Crippen LogP contribution in [0.15, 0.2) is 0 Å². The molecule has 1 atom stereocenters. The molecule has 1 rings (SSSR count). The first kappa shape index (κ1) is 14.4. The third-order valence-corrected chi connectivity index (χ3v) is 5.01. The lowest BCUT2D eigenvalue weighted by molar-refractivity contribution is 0.250. The Morgan fingerprint density at radius 1 is 1.47 bits per heavy atom. The van der Waals surface area contributed by atoms with Gasteiger partial charge in [-0.3, -0.25) is 0 Å². The van der Waals surface area contributed by atoms with Gasteiger partial charge in [-0.2, -0.15) is 5.26 Å². The van der Waals surface area contributed by atoms with Crippen molar-refractivity contribution in [2.45, 2.75) is 43.9 Å². The van der Waals surface area contributed by atoms with Crippen molar-refractivity contribution >= 4 is 10.0 Å². The van der Waals surface area contributed by atoms with Crippen molar-refractivity contribution in [3.05, 3.63) is 0 Å². The van der Waals surface area contributed by atoms with Crippen LogP contribution in [0, 0.1) is 11.3 Å². The van der Waals surface area contributed by atoms with Crippen molar-refractivity contribution < 1.29 is 8.42 Å². The van der Waals surface area contributed by atoms with Crippen LogP contribution in [0.5, 0.6) is 0 Å². The first-order valence-corrected chi connectivity index (χ1v) is 7.60. The second-order valence-electron chi connectivity index (χ2n) is 4.63. The van der Waals surface area contributed by atoms with Crippen LogP contribution in [0.1, 0.15) is 32.6 Å². The van der Waals surface area contributed by atoms with E-state index in [1.165, 1.54) is 32.6 Å². The minimum absolute atomic E-state index is 0.376. The summed E-state index contributed by atoms with van der Waals surface area (Å²) < 4.78 is 25.5. The van der Waals surface area contributed by atoms with Crippen LogP contribution in [-0.2, 0) is 10.0 Å². The van der Waals surface area contributed by atoms with Crippen LogP contribution in [0.4, 0.5) is 0 Å². The molecule has 0 aromatic carbocycles. The largest absolute Gasteiger partial charge is 0.302 e. The number of sulfonamides is 1. The van der Waals surface area contributed by atoms with E-state index in [2.05, 4.69) is 9.62 Å². The molecule has 0 saturated heterocycles. The fourth-order valence-electron chi connectivity index (χ4n) is 2.09. The molecule has 98 valence electrons. The highest BCUT2D eigenvalue weighted by Crippen LogP contribution is 2.21. The predicted octanol–water partition coefficient (Wildman–Crippen LogP) is 0.692. The lowest BCUT2D eigenvalue weighted by Crippen LogP contribution is -2.39. The molecular weight excluding hydrogens is 238 g/mol. The molecule has 0 radical (unpaired) electrons. The SMILES string of the molecule is CC(C#N)S(=O)(=O)NCCN(C)C1CCCC1. The Hall–Kier alpha value is -0.640. The molecule has 0 aromatic heterocycles. The zero-order valence-corrected chi connectivity index (χ0v) is 11.3.